The lowest BCUT2D eigenvalue weighted by molar-refractivity contribution is -0.111. The fourth-order valence-corrected chi connectivity index (χ4v) is 2.59. The van der Waals surface area contributed by atoms with Crippen LogP contribution in [0.1, 0.15) is 61.0 Å². The summed E-state index contributed by atoms with van der Waals surface area (Å²) in [5.74, 6) is 0.185. The van der Waals surface area contributed by atoms with Gasteiger partial charge in [-0.05, 0) is 41.2 Å². The van der Waals surface area contributed by atoms with Crippen molar-refractivity contribution in [2.75, 3.05) is 5.32 Å². The summed E-state index contributed by atoms with van der Waals surface area (Å²) in [6.07, 6.45) is 2.63. The number of allylic oxidation sites excluding steroid dienone is 1. The Morgan fingerprint density at radius 1 is 0.880 bits per heavy atom. The maximum atomic E-state index is 12.5. The van der Waals surface area contributed by atoms with Crippen LogP contribution < -0.4 is 5.32 Å². The predicted octanol–water partition coefficient (Wildman–Crippen LogP) is 5.31. The lowest BCUT2D eigenvalue weighted by atomic mass is 9.90. The van der Waals surface area contributed by atoms with E-state index in [1.807, 2.05) is 30.3 Å². The minimum atomic E-state index is -0.315. The number of carbonyl (C=O) groups is 2. The average molecular weight is 335 g/mol. The summed E-state index contributed by atoms with van der Waals surface area (Å²) in [7, 11) is 0. The molecular formula is C22H25NO2. The Morgan fingerprint density at radius 3 is 2.16 bits per heavy atom. The third-order valence-electron chi connectivity index (χ3n) is 4.06. The van der Waals surface area contributed by atoms with E-state index in [4.69, 9.17) is 0 Å². The van der Waals surface area contributed by atoms with Gasteiger partial charge in [-0.3, -0.25) is 9.59 Å². The Labute approximate surface area is 149 Å². The van der Waals surface area contributed by atoms with E-state index in [1.165, 1.54) is 17.7 Å². The molecule has 130 valence electrons. The van der Waals surface area contributed by atoms with Crippen LogP contribution in [-0.2, 0) is 4.79 Å². The molecule has 0 heterocycles. The number of benzene rings is 2. The van der Waals surface area contributed by atoms with Crippen molar-refractivity contribution >= 4 is 17.4 Å². The van der Waals surface area contributed by atoms with Crippen molar-refractivity contribution in [3.63, 3.8) is 0 Å². The Balaban J connectivity index is 2.15. The summed E-state index contributed by atoms with van der Waals surface area (Å²) >= 11 is 0. The van der Waals surface area contributed by atoms with Crippen LogP contribution in [0.2, 0.25) is 0 Å². The van der Waals surface area contributed by atoms with Crippen LogP contribution in [0.4, 0.5) is 5.69 Å². The molecule has 1 N–H and O–H groups in total. The van der Waals surface area contributed by atoms with Gasteiger partial charge >= 0.3 is 0 Å². The van der Waals surface area contributed by atoms with Crippen molar-refractivity contribution < 1.29 is 9.59 Å². The first kappa shape index (κ1) is 18.7. The monoisotopic (exact) mass is 335 g/mol. The Morgan fingerprint density at radius 2 is 1.56 bits per heavy atom. The normalized spacial score (nSPS) is 11.3. The number of hydrogen-bond donors (Lipinski definition) is 1. The van der Waals surface area contributed by atoms with Gasteiger partial charge in [-0.15, -0.1) is 0 Å². The third-order valence-corrected chi connectivity index (χ3v) is 4.06. The van der Waals surface area contributed by atoms with Gasteiger partial charge in [-0.1, -0.05) is 64.1 Å². The minimum absolute atomic E-state index is 0.151. The molecule has 0 unspecified atom stereocenters. The summed E-state index contributed by atoms with van der Waals surface area (Å²) < 4.78 is 0. The Kier molecular flexibility index (Phi) is 6.29. The zero-order valence-corrected chi connectivity index (χ0v) is 15.2. The van der Waals surface area contributed by atoms with Gasteiger partial charge < -0.3 is 5.32 Å². The van der Waals surface area contributed by atoms with Gasteiger partial charge in [0.05, 0.1) is 0 Å². The number of amides is 1. The van der Waals surface area contributed by atoms with Crippen LogP contribution in [0.5, 0.6) is 0 Å². The zero-order chi connectivity index (χ0) is 18.4. The van der Waals surface area contributed by atoms with Crippen molar-refractivity contribution in [1.82, 2.24) is 0 Å². The second kappa shape index (κ2) is 8.43. The quantitative estimate of drug-likeness (QED) is 0.574. The largest absolute Gasteiger partial charge is 0.323 e. The van der Waals surface area contributed by atoms with E-state index in [2.05, 4.69) is 39.1 Å². The van der Waals surface area contributed by atoms with Gasteiger partial charge in [0.2, 0.25) is 5.91 Å². The zero-order valence-electron chi connectivity index (χ0n) is 15.2. The Hall–Kier alpha value is -2.68. The van der Waals surface area contributed by atoms with E-state index in [-0.39, 0.29) is 17.6 Å². The van der Waals surface area contributed by atoms with Crippen LogP contribution in [0.15, 0.2) is 60.7 Å². The highest BCUT2D eigenvalue weighted by molar-refractivity contribution is 6.10. The molecule has 2 aromatic carbocycles. The molecule has 2 aromatic rings. The van der Waals surface area contributed by atoms with Crippen LogP contribution in [-0.4, -0.2) is 11.7 Å². The van der Waals surface area contributed by atoms with Gasteiger partial charge in [-0.2, -0.15) is 0 Å². The van der Waals surface area contributed by atoms with Gasteiger partial charge in [0, 0.05) is 17.3 Å². The molecule has 0 spiro atoms. The maximum Gasteiger partial charge on any atom is 0.248 e. The highest BCUT2D eigenvalue weighted by Gasteiger charge is 2.14. The molecule has 0 fully saturated rings. The molecule has 25 heavy (non-hydrogen) atoms. The first-order valence-electron chi connectivity index (χ1n) is 8.60. The van der Waals surface area contributed by atoms with E-state index in [0.29, 0.717) is 17.2 Å². The summed E-state index contributed by atoms with van der Waals surface area (Å²) in [5.41, 5.74) is 3.59. The lowest BCUT2D eigenvalue weighted by Gasteiger charge is -2.14. The fourth-order valence-electron chi connectivity index (χ4n) is 2.59. The van der Waals surface area contributed by atoms with Crippen molar-refractivity contribution in [1.29, 1.82) is 0 Å². The topological polar surface area (TPSA) is 46.2 Å². The molecule has 3 nitrogen and oxygen atoms in total. The number of nitrogens with one attached hydrogen (secondary N) is 1. The number of para-hydroxylation sites is 1. The summed E-state index contributed by atoms with van der Waals surface area (Å²) in [6.45, 7) is 8.41. The fraction of sp³-hybridized carbons (Fsp3) is 0.273. The van der Waals surface area contributed by atoms with E-state index in [1.54, 1.807) is 12.1 Å². The molecule has 0 aliphatic rings. The van der Waals surface area contributed by atoms with Gasteiger partial charge in [0.15, 0.2) is 5.78 Å². The minimum Gasteiger partial charge on any atom is -0.323 e. The third kappa shape index (κ3) is 5.15. The number of ketones is 1. The number of rotatable bonds is 6. The molecule has 0 aliphatic heterocycles. The first-order valence-corrected chi connectivity index (χ1v) is 8.60. The highest BCUT2D eigenvalue weighted by atomic mass is 16.1. The summed E-state index contributed by atoms with van der Waals surface area (Å²) in [5, 5.41) is 2.73. The molecule has 2 rings (SSSR count). The molecule has 1 amide bonds. The van der Waals surface area contributed by atoms with Crippen LogP contribution >= 0.6 is 0 Å². The number of hydrogen-bond acceptors (Lipinski definition) is 2. The SMILES string of the molecule is CC(C)c1ccc(C(=O)/C=C/C(=O)Nc2ccccc2)c(C(C)C)c1. The van der Waals surface area contributed by atoms with Crippen LogP contribution in [0.25, 0.3) is 0 Å². The Bertz CT molecular complexity index is 774. The molecule has 0 radical (unpaired) electrons. The van der Waals surface area contributed by atoms with E-state index in [9.17, 15) is 9.59 Å². The predicted molar refractivity (Wildman–Crippen MR) is 103 cm³/mol. The first-order chi connectivity index (χ1) is 11.9. The molecule has 0 saturated carbocycles. The van der Waals surface area contributed by atoms with Gasteiger partial charge in [-0.25, -0.2) is 0 Å². The van der Waals surface area contributed by atoms with Crippen LogP contribution in [0, 0.1) is 0 Å². The summed E-state index contributed by atoms with van der Waals surface area (Å²) in [4.78, 5) is 24.5. The van der Waals surface area contributed by atoms with Crippen LogP contribution in [0.3, 0.4) is 0 Å². The average Bonchev–Trinajstić information content (AvgIpc) is 2.59. The second-order valence-electron chi connectivity index (χ2n) is 6.71. The van der Waals surface area contributed by atoms with E-state index in [0.717, 1.165) is 5.56 Å². The molecule has 0 aliphatic carbocycles. The summed E-state index contributed by atoms with van der Waals surface area (Å²) in [6, 6.07) is 15.1. The molecule has 0 bridgehead atoms. The lowest BCUT2D eigenvalue weighted by Crippen LogP contribution is -2.09. The molecule has 0 atom stereocenters. The van der Waals surface area contributed by atoms with Crippen molar-refractivity contribution in [2.45, 2.75) is 39.5 Å². The standard InChI is InChI=1S/C22H25NO2/c1-15(2)17-10-11-19(20(14-17)16(3)4)21(24)12-13-22(25)23-18-8-6-5-7-9-18/h5-16H,1-4H3,(H,23,25)/b13-12+. The second-order valence-corrected chi connectivity index (χ2v) is 6.71. The molecule has 3 heteroatoms. The number of carbonyl (C=O) groups excluding carboxylic acids is 2. The van der Waals surface area contributed by atoms with Gasteiger partial charge in [0.25, 0.3) is 0 Å². The van der Waals surface area contributed by atoms with Crippen molar-refractivity contribution in [2.24, 2.45) is 0 Å². The van der Waals surface area contributed by atoms with Gasteiger partial charge in [0.1, 0.15) is 0 Å². The van der Waals surface area contributed by atoms with E-state index < -0.39 is 0 Å². The van der Waals surface area contributed by atoms with Crippen molar-refractivity contribution in [3.8, 4) is 0 Å². The molecule has 0 aromatic heterocycles. The smallest absolute Gasteiger partial charge is 0.248 e. The maximum absolute atomic E-state index is 12.5. The number of anilines is 1. The molecule has 0 saturated heterocycles. The molecular weight excluding hydrogens is 310 g/mol. The van der Waals surface area contributed by atoms with Crippen molar-refractivity contribution in [3.05, 3.63) is 77.4 Å². The highest BCUT2D eigenvalue weighted by Crippen LogP contribution is 2.25. The van der Waals surface area contributed by atoms with E-state index >= 15 is 0 Å².